The second kappa shape index (κ2) is 9.55. The minimum atomic E-state index is -0.0615. The maximum absolute atomic E-state index is 12.3. The molecule has 146 valence electrons. The van der Waals surface area contributed by atoms with Crippen LogP contribution >= 0.6 is 0 Å². The number of ether oxygens (including phenoxy) is 1. The summed E-state index contributed by atoms with van der Waals surface area (Å²) in [6.07, 6.45) is 9.46. The van der Waals surface area contributed by atoms with Gasteiger partial charge in [0.25, 0.3) is 0 Å². The highest BCUT2D eigenvalue weighted by Crippen LogP contribution is 2.17. The summed E-state index contributed by atoms with van der Waals surface area (Å²) in [6.45, 7) is 5.10. The lowest BCUT2D eigenvalue weighted by atomic mass is 10.2. The first-order chi connectivity index (χ1) is 13.2. The largest absolute Gasteiger partial charge is 0.497 e. The van der Waals surface area contributed by atoms with E-state index in [1.54, 1.807) is 7.11 Å². The fraction of sp³-hybridized carbons (Fsp3) is 0.524. The van der Waals surface area contributed by atoms with Crippen molar-refractivity contribution in [2.45, 2.75) is 45.1 Å². The van der Waals surface area contributed by atoms with Crippen molar-refractivity contribution in [3.05, 3.63) is 42.2 Å². The van der Waals surface area contributed by atoms with Crippen molar-refractivity contribution in [3.63, 3.8) is 0 Å². The van der Waals surface area contributed by atoms with E-state index in [-0.39, 0.29) is 11.9 Å². The van der Waals surface area contributed by atoms with Gasteiger partial charge in [-0.3, -0.25) is 4.79 Å². The summed E-state index contributed by atoms with van der Waals surface area (Å²) in [5, 5.41) is 7.51. The van der Waals surface area contributed by atoms with E-state index in [0.717, 1.165) is 36.6 Å². The van der Waals surface area contributed by atoms with E-state index >= 15 is 0 Å². The molecule has 1 atom stereocenters. The second-order valence-electron chi connectivity index (χ2n) is 7.21. The molecular weight excluding hydrogens is 340 g/mol. The molecule has 2 aromatic rings. The van der Waals surface area contributed by atoms with Crippen molar-refractivity contribution >= 4 is 5.91 Å². The molecule has 6 heteroatoms. The van der Waals surface area contributed by atoms with Crippen molar-refractivity contribution < 1.29 is 9.53 Å². The first-order valence-corrected chi connectivity index (χ1v) is 9.86. The van der Waals surface area contributed by atoms with E-state index in [1.165, 1.54) is 25.7 Å². The van der Waals surface area contributed by atoms with Crippen LogP contribution in [0.4, 0.5) is 0 Å². The molecule has 0 bridgehead atoms. The molecule has 0 unspecified atom stereocenters. The minimum absolute atomic E-state index is 0.0615. The fourth-order valence-electron chi connectivity index (χ4n) is 3.45. The summed E-state index contributed by atoms with van der Waals surface area (Å²) in [5.74, 6) is 0.917. The lowest BCUT2D eigenvalue weighted by Gasteiger charge is -2.20. The number of benzene rings is 1. The van der Waals surface area contributed by atoms with Gasteiger partial charge in [0.1, 0.15) is 5.75 Å². The number of carbonyl (C=O) groups is 1. The summed E-state index contributed by atoms with van der Waals surface area (Å²) in [7, 11) is 1.65. The maximum atomic E-state index is 12.3. The Morgan fingerprint density at radius 1 is 1.19 bits per heavy atom. The Morgan fingerprint density at radius 3 is 2.56 bits per heavy atom. The number of nitrogens with one attached hydrogen (secondary N) is 1. The number of rotatable bonds is 7. The molecule has 1 aliphatic rings. The van der Waals surface area contributed by atoms with Crippen molar-refractivity contribution in [3.8, 4) is 11.4 Å². The highest BCUT2D eigenvalue weighted by Gasteiger charge is 2.14. The van der Waals surface area contributed by atoms with Crippen LogP contribution in [-0.2, 0) is 4.79 Å². The SMILES string of the molecule is COc1ccc(-n2cc([C@H](C)NC(=O)CCN3CCCCCC3)cn2)cc1. The predicted octanol–water partition coefficient (Wildman–Crippen LogP) is 3.32. The van der Waals surface area contributed by atoms with Gasteiger partial charge in [0.15, 0.2) is 0 Å². The molecule has 3 rings (SSSR count). The summed E-state index contributed by atoms with van der Waals surface area (Å²) >= 11 is 0. The first-order valence-electron chi connectivity index (χ1n) is 9.86. The van der Waals surface area contributed by atoms with Crippen LogP contribution in [0.5, 0.6) is 5.75 Å². The predicted molar refractivity (Wildman–Crippen MR) is 106 cm³/mol. The standard InChI is InChI=1S/C21H30N4O2/c1-17(23-21(26)11-14-24-12-5-3-4-6-13-24)18-15-22-25(16-18)19-7-9-20(27-2)10-8-19/h7-10,15-17H,3-6,11-14H2,1-2H3,(H,23,26)/t17-/m0/s1. The van der Waals surface area contributed by atoms with E-state index in [2.05, 4.69) is 15.3 Å². The lowest BCUT2D eigenvalue weighted by Crippen LogP contribution is -2.32. The van der Waals surface area contributed by atoms with E-state index in [9.17, 15) is 4.79 Å². The average Bonchev–Trinajstić information content (AvgIpc) is 3.04. The number of hydrogen-bond acceptors (Lipinski definition) is 4. The zero-order valence-corrected chi connectivity index (χ0v) is 16.4. The second-order valence-corrected chi connectivity index (χ2v) is 7.21. The summed E-state index contributed by atoms with van der Waals surface area (Å²) in [4.78, 5) is 14.7. The molecule has 1 aromatic carbocycles. The monoisotopic (exact) mass is 370 g/mol. The molecule has 0 radical (unpaired) electrons. The molecule has 0 saturated carbocycles. The van der Waals surface area contributed by atoms with Crippen molar-refractivity contribution in [1.29, 1.82) is 0 Å². The van der Waals surface area contributed by atoms with Crippen molar-refractivity contribution in [1.82, 2.24) is 20.0 Å². The van der Waals surface area contributed by atoms with E-state index < -0.39 is 0 Å². The Labute approximate surface area is 161 Å². The van der Waals surface area contributed by atoms with Gasteiger partial charge in [-0.25, -0.2) is 4.68 Å². The number of methoxy groups -OCH3 is 1. The van der Waals surface area contributed by atoms with Gasteiger partial charge >= 0.3 is 0 Å². The zero-order valence-electron chi connectivity index (χ0n) is 16.4. The third-order valence-electron chi connectivity index (χ3n) is 5.17. The molecule has 27 heavy (non-hydrogen) atoms. The Morgan fingerprint density at radius 2 is 1.89 bits per heavy atom. The smallest absolute Gasteiger partial charge is 0.221 e. The Balaban J connectivity index is 1.50. The molecule has 6 nitrogen and oxygen atoms in total. The molecule has 2 heterocycles. The van der Waals surface area contributed by atoms with E-state index in [1.807, 2.05) is 48.3 Å². The van der Waals surface area contributed by atoms with Crippen LogP contribution in [0.3, 0.4) is 0 Å². The molecule has 1 N–H and O–H groups in total. The van der Waals surface area contributed by atoms with Gasteiger partial charge in [-0.1, -0.05) is 12.8 Å². The molecule has 0 spiro atoms. The van der Waals surface area contributed by atoms with Gasteiger partial charge in [0, 0.05) is 24.7 Å². The average molecular weight is 370 g/mol. The summed E-state index contributed by atoms with van der Waals surface area (Å²) in [5.41, 5.74) is 1.95. The third-order valence-corrected chi connectivity index (χ3v) is 5.17. The van der Waals surface area contributed by atoms with Crippen LogP contribution in [0, 0.1) is 0 Å². The number of amides is 1. The van der Waals surface area contributed by atoms with Crippen molar-refractivity contribution in [2.24, 2.45) is 0 Å². The Kier molecular flexibility index (Phi) is 6.87. The molecule has 1 fully saturated rings. The van der Waals surface area contributed by atoms with Gasteiger partial charge in [-0.05, 0) is 57.1 Å². The molecular formula is C21H30N4O2. The Bertz CT molecular complexity index is 718. The van der Waals surface area contributed by atoms with Crippen LogP contribution in [0.15, 0.2) is 36.7 Å². The summed E-state index contributed by atoms with van der Waals surface area (Å²) in [6, 6.07) is 7.67. The highest BCUT2D eigenvalue weighted by atomic mass is 16.5. The number of nitrogens with zero attached hydrogens (tertiary/aromatic N) is 3. The number of likely N-dealkylation sites (tertiary alicyclic amines) is 1. The minimum Gasteiger partial charge on any atom is -0.497 e. The Hall–Kier alpha value is -2.34. The molecule has 1 saturated heterocycles. The van der Waals surface area contributed by atoms with Gasteiger partial charge < -0.3 is 15.0 Å². The zero-order chi connectivity index (χ0) is 19.1. The lowest BCUT2D eigenvalue weighted by molar-refractivity contribution is -0.122. The van der Waals surface area contributed by atoms with Crippen LogP contribution in [0.2, 0.25) is 0 Å². The number of carbonyl (C=O) groups excluding carboxylic acids is 1. The van der Waals surface area contributed by atoms with Crippen LogP contribution in [0.1, 0.15) is 50.6 Å². The van der Waals surface area contributed by atoms with Crippen molar-refractivity contribution in [2.75, 3.05) is 26.7 Å². The molecule has 1 aliphatic heterocycles. The normalized spacial score (nSPS) is 16.5. The fourth-order valence-corrected chi connectivity index (χ4v) is 3.45. The van der Waals surface area contributed by atoms with Gasteiger partial charge in [-0.15, -0.1) is 0 Å². The molecule has 0 aliphatic carbocycles. The quantitative estimate of drug-likeness (QED) is 0.812. The molecule has 1 amide bonds. The molecule has 1 aromatic heterocycles. The van der Waals surface area contributed by atoms with Crippen LogP contribution in [0.25, 0.3) is 5.69 Å². The number of aromatic nitrogens is 2. The summed E-state index contributed by atoms with van der Waals surface area (Å²) < 4.78 is 7.00. The maximum Gasteiger partial charge on any atom is 0.221 e. The van der Waals surface area contributed by atoms with Gasteiger partial charge in [0.05, 0.1) is 25.0 Å². The van der Waals surface area contributed by atoms with Gasteiger partial charge in [0.2, 0.25) is 5.91 Å². The third kappa shape index (κ3) is 5.57. The van der Waals surface area contributed by atoms with E-state index in [0.29, 0.717) is 6.42 Å². The van der Waals surface area contributed by atoms with Gasteiger partial charge in [-0.2, -0.15) is 5.10 Å². The van der Waals surface area contributed by atoms with E-state index in [4.69, 9.17) is 4.74 Å². The van der Waals surface area contributed by atoms with Crippen LogP contribution in [-0.4, -0.2) is 47.3 Å². The van der Waals surface area contributed by atoms with Crippen LogP contribution < -0.4 is 10.1 Å². The highest BCUT2D eigenvalue weighted by molar-refractivity contribution is 5.76. The topological polar surface area (TPSA) is 59.4 Å². The number of hydrogen-bond donors (Lipinski definition) is 1. The first kappa shape index (κ1) is 19.4.